The van der Waals surface area contributed by atoms with Crippen LogP contribution in [0.15, 0.2) is 73.8 Å². The predicted octanol–water partition coefficient (Wildman–Crippen LogP) is 5.34. The summed E-state index contributed by atoms with van der Waals surface area (Å²) in [5, 5.41) is 13.9. The van der Waals surface area contributed by atoms with Crippen molar-refractivity contribution in [2.75, 3.05) is 24.7 Å². The highest BCUT2D eigenvalue weighted by Gasteiger charge is 2.77. The van der Waals surface area contributed by atoms with Crippen molar-refractivity contribution >= 4 is 45.3 Å². The van der Waals surface area contributed by atoms with E-state index in [1.165, 1.54) is 4.90 Å². The Bertz CT molecular complexity index is 1610. The summed E-state index contributed by atoms with van der Waals surface area (Å²) < 4.78 is 12.4. The van der Waals surface area contributed by atoms with Gasteiger partial charge in [0.05, 0.1) is 36.6 Å². The molecule has 274 valence electrons. The van der Waals surface area contributed by atoms with Crippen LogP contribution in [0.3, 0.4) is 0 Å². The van der Waals surface area contributed by atoms with Crippen LogP contribution in [0, 0.1) is 31.6 Å². The molecule has 1 unspecified atom stereocenters. The largest absolute Gasteiger partial charge is 0.463 e. The quantitative estimate of drug-likeness (QED) is 0.134. The van der Waals surface area contributed by atoms with Gasteiger partial charge in [0, 0.05) is 23.5 Å². The van der Waals surface area contributed by atoms with Crippen LogP contribution in [-0.2, 0) is 28.7 Å². The molecule has 51 heavy (non-hydrogen) atoms. The highest BCUT2D eigenvalue weighted by molar-refractivity contribution is 9.09. The molecular formula is C40H50BrN3O7. The average Bonchev–Trinajstić information content (AvgIpc) is 3.72. The molecular weight excluding hydrogens is 714 g/mol. The SMILES string of the molecule is C=CCCC(=O)OC[C@@H](NC(=O)[C@H]1[C@@H]2O[C@@]3(CC2Br)[C@@H]1C(=O)N([C@@H](CO)[C@@H](C)CC)[C@@H]3C(=O)N(CC=C)c1c(C)cccc1C)c1ccccc1. The van der Waals surface area contributed by atoms with Gasteiger partial charge in [-0.15, -0.1) is 13.2 Å². The van der Waals surface area contributed by atoms with Crippen molar-refractivity contribution in [1.29, 1.82) is 0 Å². The number of nitrogens with one attached hydrogen (secondary N) is 1. The zero-order chi connectivity index (χ0) is 37.0. The fourth-order valence-electron chi connectivity index (χ4n) is 8.26. The molecule has 3 saturated heterocycles. The highest BCUT2D eigenvalue weighted by Crippen LogP contribution is 2.61. The molecule has 3 heterocycles. The van der Waals surface area contributed by atoms with E-state index in [-0.39, 0.29) is 48.7 Å². The third-order valence-electron chi connectivity index (χ3n) is 10.9. The number of alkyl halides is 1. The molecule has 3 aliphatic rings. The summed E-state index contributed by atoms with van der Waals surface area (Å²) in [6.07, 6.45) is 4.20. The summed E-state index contributed by atoms with van der Waals surface area (Å²) in [5.41, 5.74) is 1.89. The van der Waals surface area contributed by atoms with Gasteiger partial charge in [0.25, 0.3) is 5.91 Å². The van der Waals surface area contributed by atoms with E-state index in [0.29, 0.717) is 19.3 Å². The van der Waals surface area contributed by atoms with Gasteiger partial charge in [-0.05, 0) is 49.3 Å². The molecule has 2 aromatic carbocycles. The fourth-order valence-corrected chi connectivity index (χ4v) is 9.20. The Kier molecular flexibility index (Phi) is 12.2. The average molecular weight is 765 g/mol. The summed E-state index contributed by atoms with van der Waals surface area (Å²) >= 11 is 3.77. The van der Waals surface area contributed by atoms with E-state index in [0.717, 1.165) is 22.4 Å². The smallest absolute Gasteiger partial charge is 0.306 e. The Labute approximate surface area is 309 Å². The number of nitrogens with zero attached hydrogens (tertiary/aromatic N) is 2. The Morgan fingerprint density at radius 2 is 1.82 bits per heavy atom. The topological polar surface area (TPSA) is 125 Å². The number of carbonyl (C=O) groups is 4. The van der Waals surface area contributed by atoms with Crippen LogP contribution in [-0.4, -0.2) is 82.1 Å². The molecule has 0 aliphatic carbocycles. The second-order valence-electron chi connectivity index (χ2n) is 14.0. The first-order valence-corrected chi connectivity index (χ1v) is 18.7. The number of amides is 3. The minimum Gasteiger partial charge on any atom is -0.463 e. The zero-order valence-corrected chi connectivity index (χ0v) is 31.5. The lowest BCUT2D eigenvalue weighted by Crippen LogP contribution is -2.60. The molecule has 0 saturated carbocycles. The predicted molar refractivity (Wildman–Crippen MR) is 199 cm³/mol. The Hall–Kier alpha value is -3.80. The van der Waals surface area contributed by atoms with E-state index in [4.69, 9.17) is 9.47 Å². The van der Waals surface area contributed by atoms with Crippen LogP contribution in [0.25, 0.3) is 0 Å². The lowest BCUT2D eigenvalue weighted by Gasteiger charge is -2.41. The molecule has 5 rings (SSSR count). The molecule has 0 radical (unpaired) electrons. The number of hydrogen-bond acceptors (Lipinski definition) is 7. The number of hydrogen-bond donors (Lipinski definition) is 2. The number of allylic oxidation sites excluding steroid dienone is 1. The van der Waals surface area contributed by atoms with Crippen molar-refractivity contribution in [3.8, 4) is 0 Å². The lowest BCUT2D eigenvalue weighted by molar-refractivity contribution is -0.147. The van der Waals surface area contributed by atoms with Gasteiger partial charge >= 0.3 is 5.97 Å². The minimum absolute atomic E-state index is 0.106. The van der Waals surface area contributed by atoms with Gasteiger partial charge in [0.15, 0.2) is 0 Å². The van der Waals surface area contributed by atoms with E-state index < -0.39 is 53.5 Å². The van der Waals surface area contributed by atoms with Crippen molar-refractivity contribution in [1.82, 2.24) is 10.2 Å². The Morgan fingerprint density at radius 1 is 1.14 bits per heavy atom. The second kappa shape index (κ2) is 16.3. The highest BCUT2D eigenvalue weighted by atomic mass is 79.9. The van der Waals surface area contributed by atoms with Gasteiger partial charge in [-0.1, -0.05) is 96.9 Å². The maximum Gasteiger partial charge on any atom is 0.306 e. The zero-order valence-electron chi connectivity index (χ0n) is 29.9. The molecule has 9 atom stereocenters. The lowest BCUT2D eigenvalue weighted by atomic mass is 9.70. The van der Waals surface area contributed by atoms with Crippen molar-refractivity contribution in [2.45, 2.75) is 88.0 Å². The second-order valence-corrected chi connectivity index (χ2v) is 15.2. The van der Waals surface area contributed by atoms with E-state index in [1.807, 2.05) is 76.2 Å². The monoisotopic (exact) mass is 763 g/mol. The normalized spacial score (nSPS) is 26.6. The van der Waals surface area contributed by atoms with Crippen LogP contribution in [0.2, 0.25) is 0 Å². The van der Waals surface area contributed by atoms with Crippen molar-refractivity contribution in [3.05, 3.63) is 90.5 Å². The van der Waals surface area contributed by atoms with Crippen LogP contribution < -0.4 is 10.2 Å². The number of aliphatic hydroxyl groups is 1. The molecule has 1 spiro atoms. The van der Waals surface area contributed by atoms with Crippen LogP contribution >= 0.6 is 15.9 Å². The number of benzene rings is 2. The van der Waals surface area contributed by atoms with Gasteiger partial charge in [-0.3, -0.25) is 19.2 Å². The minimum atomic E-state index is -1.34. The molecule has 10 nitrogen and oxygen atoms in total. The molecule has 3 aliphatic heterocycles. The third-order valence-corrected chi connectivity index (χ3v) is 11.7. The van der Waals surface area contributed by atoms with Crippen molar-refractivity contribution in [2.24, 2.45) is 17.8 Å². The number of carbonyl (C=O) groups excluding carboxylic acids is 4. The Balaban J connectivity index is 1.56. The number of anilines is 1. The van der Waals surface area contributed by atoms with Crippen LogP contribution in [0.1, 0.15) is 62.3 Å². The van der Waals surface area contributed by atoms with E-state index in [1.54, 1.807) is 17.1 Å². The summed E-state index contributed by atoms with van der Waals surface area (Å²) in [5.74, 6) is -3.68. The van der Waals surface area contributed by atoms with Gasteiger partial charge < -0.3 is 29.7 Å². The van der Waals surface area contributed by atoms with E-state index in [9.17, 15) is 19.5 Å². The molecule has 0 aromatic heterocycles. The summed E-state index contributed by atoms with van der Waals surface area (Å²) in [6, 6.07) is 12.5. The number of halogens is 1. The number of aliphatic hydroxyl groups excluding tert-OH is 1. The molecule has 2 N–H and O–H groups in total. The van der Waals surface area contributed by atoms with Crippen LogP contribution in [0.5, 0.6) is 0 Å². The first-order valence-electron chi connectivity index (χ1n) is 17.8. The number of rotatable bonds is 16. The summed E-state index contributed by atoms with van der Waals surface area (Å²) in [7, 11) is 0. The summed E-state index contributed by atoms with van der Waals surface area (Å²) in [4.78, 5) is 59.9. The molecule has 3 amide bonds. The summed E-state index contributed by atoms with van der Waals surface area (Å²) in [6.45, 7) is 15.1. The number of aryl methyl sites for hydroxylation is 2. The van der Waals surface area contributed by atoms with Gasteiger partial charge in [-0.25, -0.2) is 0 Å². The molecule has 11 heteroatoms. The molecule has 2 bridgehead atoms. The van der Waals surface area contributed by atoms with E-state index in [2.05, 4.69) is 34.4 Å². The number of fused-ring (bicyclic) bond motifs is 1. The maximum absolute atomic E-state index is 15.2. The number of ether oxygens (including phenoxy) is 2. The molecule has 3 fully saturated rings. The Morgan fingerprint density at radius 3 is 2.43 bits per heavy atom. The maximum atomic E-state index is 15.2. The standard InChI is InChI=1S/C40H50BrN3O7/c1-7-10-19-31(46)50-23-29(27-17-12-11-13-18-27)42-37(47)32-33-38(48)44(30(22-45)24(4)9-3)36(40(33)21-28(41)35(32)51-40)39(49)43(20-8-2)34-25(5)15-14-16-26(34)6/h7-8,11-18,24,28-30,32-33,35-36,45H,1-2,9-10,19-23H2,3-6H3,(H,42,47)/t24-,28?,29+,30-,32+,33-,35+,36+,40-/m0/s1. The van der Waals surface area contributed by atoms with Crippen molar-refractivity contribution < 1.29 is 33.8 Å². The first-order chi connectivity index (χ1) is 24.4. The van der Waals surface area contributed by atoms with Gasteiger partial charge in [0.2, 0.25) is 11.8 Å². The van der Waals surface area contributed by atoms with E-state index >= 15 is 4.79 Å². The van der Waals surface area contributed by atoms with Crippen molar-refractivity contribution in [3.63, 3.8) is 0 Å². The number of esters is 1. The van der Waals surface area contributed by atoms with Gasteiger partial charge in [0.1, 0.15) is 18.2 Å². The number of para-hydroxylation sites is 1. The first kappa shape index (κ1) is 38.4. The van der Waals surface area contributed by atoms with Crippen LogP contribution in [0.4, 0.5) is 5.69 Å². The van der Waals surface area contributed by atoms with Gasteiger partial charge in [-0.2, -0.15) is 0 Å². The third kappa shape index (κ3) is 7.17. The molecule has 2 aromatic rings. The fraction of sp³-hybridized carbons (Fsp3) is 0.500. The number of likely N-dealkylation sites (tertiary alicyclic amines) is 1.